The molecule has 1 amide bonds. The maximum absolute atomic E-state index is 10.6. The van der Waals surface area contributed by atoms with Gasteiger partial charge in [0.25, 0.3) is 5.95 Å². The zero-order valence-corrected chi connectivity index (χ0v) is 8.61. The number of anilines is 2. The maximum Gasteiger partial charge on any atom is 0.258 e. The van der Waals surface area contributed by atoms with E-state index in [0.29, 0.717) is 0 Å². The van der Waals surface area contributed by atoms with Gasteiger partial charge in [0.1, 0.15) is 12.7 Å². The van der Waals surface area contributed by atoms with Crippen LogP contribution in [0.25, 0.3) is 5.95 Å². The first-order valence-corrected chi connectivity index (χ1v) is 4.54. The molecule has 0 aliphatic carbocycles. The van der Waals surface area contributed by atoms with Crippen LogP contribution >= 0.6 is 0 Å². The Morgan fingerprint density at radius 2 is 2.24 bits per heavy atom. The Kier molecular flexibility index (Phi) is 2.77. The first-order chi connectivity index (χ1) is 8.15. The molecule has 10 nitrogen and oxygen atoms in total. The van der Waals surface area contributed by atoms with Crippen LogP contribution in [-0.2, 0) is 4.79 Å². The number of nitrogens with one attached hydrogen (secondary N) is 1. The van der Waals surface area contributed by atoms with Crippen molar-refractivity contribution >= 4 is 17.8 Å². The fourth-order valence-corrected chi connectivity index (χ4v) is 1.04. The second-order valence-corrected chi connectivity index (χ2v) is 2.98. The molecule has 0 fully saturated rings. The van der Waals surface area contributed by atoms with Gasteiger partial charge in [-0.1, -0.05) is 0 Å². The smallest absolute Gasteiger partial charge is 0.258 e. The molecule has 2 heterocycles. The number of aromatic nitrogens is 6. The number of hydrogen-bond donors (Lipinski definition) is 3. The molecular weight excluding hydrogens is 226 g/mol. The third-order valence-corrected chi connectivity index (χ3v) is 1.69. The SMILES string of the molecule is NC(=O)CNc1nc(N)nc(-n2cncn2)n1. The molecule has 0 aliphatic heterocycles. The van der Waals surface area contributed by atoms with Gasteiger partial charge in [-0.15, -0.1) is 0 Å². The predicted molar refractivity (Wildman–Crippen MR) is 56.8 cm³/mol. The van der Waals surface area contributed by atoms with E-state index in [4.69, 9.17) is 11.5 Å². The molecule has 2 rings (SSSR count). The number of carbonyl (C=O) groups is 1. The number of nitrogen functional groups attached to an aromatic ring is 1. The van der Waals surface area contributed by atoms with Crippen LogP contribution in [0.15, 0.2) is 12.7 Å². The molecule has 2 aromatic heterocycles. The van der Waals surface area contributed by atoms with Crippen molar-refractivity contribution in [2.24, 2.45) is 5.73 Å². The first-order valence-electron chi connectivity index (χ1n) is 4.54. The van der Waals surface area contributed by atoms with Crippen molar-refractivity contribution in [2.75, 3.05) is 17.6 Å². The summed E-state index contributed by atoms with van der Waals surface area (Å²) in [7, 11) is 0. The van der Waals surface area contributed by atoms with Gasteiger partial charge in [-0.3, -0.25) is 4.79 Å². The Labute approximate surface area is 95.1 Å². The molecule has 0 aromatic carbocycles. The van der Waals surface area contributed by atoms with E-state index < -0.39 is 5.91 Å². The molecule has 0 radical (unpaired) electrons. The third-order valence-electron chi connectivity index (χ3n) is 1.69. The van der Waals surface area contributed by atoms with Gasteiger partial charge in [-0.2, -0.15) is 24.7 Å². The van der Waals surface area contributed by atoms with E-state index in [2.05, 4.69) is 30.4 Å². The summed E-state index contributed by atoms with van der Waals surface area (Å²) in [5.74, 6) is -0.201. The summed E-state index contributed by atoms with van der Waals surface area (Å²) >= 11 is 0. The van der Waals surface area contributed by atoms with Crippen LogP contribution in [0.5, 0.6) is 0 Å². The van der Waals surface area contributed by atoms with Crippen molar-refractivity contribution in [3.8, 4) is 5.95 Å². The minimum absolute atomic E-state index is 0.00234. The lowest BCUT2D eigenvalue weighted by Gasteiger charge is -2.04. The number of hydrogen-bond acceptors (Lipinski definition) is 8. The summed E-state index contributed by atoms with van der Waals surface area (Å²) in [5.41, 5.74) is 10.5. The van der Waals surface area contributed by atoms with Gasteiger partial charge in [0.15, 0.2) is 0 Å². The van der Waals surface area contributed by atoms with Crippen molar-refractivity contribution in [1.29, 1.82) is 0 Å². The monoisotopic (exact) mass is 235 g/mol. The Morgan fingerprint density at radius 1 is 1.41 bits per heavy atom. The molecule has 10 heteroatoms. The highest BCUT2D eigenvalue weighted by Crippen LogP contribution is 2.04. The van der Waals surface area contributed by atoms with Crippen LogP contribution in [0.3, 0.4) is 0 Å². The highest BCUT2D eigenvalue weighted by Gasteiger charge is 2.07. The molecule has 0 bridgehead atoms. The molecule has 0 saturated heterocycles. The molecule has 0 spiro atoms. The zero-order chi connectivity index (χ0) is 12.3. The number of rotatable bonds is 4. The number of primary amides is 1. The van der Waals surface area contributed by atoms with Gasteiger partial charge in [0.05, 0.1) is 6.54 Å². The lowest BCUT2D eigenvalue weighted by molar-refractivity contribution is -0.116. The van der Waals surface area contributed by atoms with E-state index in [1.807, 2.05) is 0 Å². The zero-order valence-electron chi connectivity index (χ0n) is 8.61. The molecule has 88 valence electrons. The molecule has 0 atom stereocenters. The third kappa shape index (κ3) is 2.62. The Bertz CT molecular complexity index is 522. The maximum atomic E-state index is 10.6. The van der Waals surface area contributed by atoms with E-state index in [9.17, 15) is 4.79 Å². The standard InChI is InChI=1S/C7H9N9O/c8-4(17)1-11-6-13-5(9)14-7(15-6)16-3-10-2-12-16/h2-3H,1H2,(H2,8,17)(H3,9,11,13,14,15). The van der Waals surface area contributed by atoms with Gasteiger partial charge in [0, 0.05) is 0 Å². The van der Waals surface area contributed by atoms with E-state index in [1.54, 1.807) is 0 Å². The molecule has 0 aliphatic rings. The number of amides is 1. The number of carbonyl (C=O) groups excluding carboxylic acids is 1. The minimum atomic E-state index is -0.536. The van der Waals surface area contributed by atoms with E-state index in [0.717, 1.165) is 0 Å². The van der Waals surface area contributed by atoms with Gasteiger partial charge < -0.3 is 16.8 Å². The topological polar surface area (TPSA) is 151 Å². The average Bonchev–Trinajstić information content (AvgIpc) is 2.79. The van der Waals surface area contributed by atoms with E-state index >= 15 is 0 Å². The van der Waals surface area contributed by atoms with Crippen LogP contribution in [0.2, 0.25) is 0 Å². The second-order valence-electron chi connectivity index (χ2n) is 2.98. The van der Waals surface area contributed by atoms with Gasteiger partial charge in [0.2, 0.25) is 17.8 Å². The van der Waals surface area contributed by atoms with E-state index in [1.165, 1.54) is 17.3 Å². The van der Waals surface area contributed by atoms with Gasteiger partial charge in [-0.25, -0.2) is 4.98 Å². The van der Waals surface area contributed by atoms with Crippen LogP contribution in [0.4, 0.5) is 11.9 Å². The molecule has 0 unspecified atom stereocenters. The van der Waals surface area contributed by atoms with Crippen LogP contribution in [0, 0.1) is 0 Å². The van der Waals surface area contributed by atoms with Crippen molar-refractivity contribution in [1.82, 2.24) is 29.7 Å². The van der Waals surface area contributed by atoms with Crippen molar-refractivity contribution in [3.63, 3.8) is 0 Å². The normalized spacial score (nSPS) is 10.1. The highest BCUT2D eigenvalue weighted by atomic mass is 16.1. The number of nitrogens with zero attached hydrogens (tertiary/aromatic N) is 6. The fraction of sp³-hybridized carbons (Fsp3) is 0.143. The second kappa shape index (κ2) is 4.38. The van der Waals surface area contributed by atoms with Gasteiger partial charge in [-0.05, 0) is 0 Å². The summed E-state index contributed by atoms with van der Waals surface area (Å²) in [4.78, 5) is 26.0. The summed E-state index contributed by atoms with van der Waals surface area (Å²) in [6, 6.07) is 0. The average molecular weight is 235 g/mol. The molecule has 2 aromatic rings. The summed E-state index contributed by atoms with van der Waals surface area (Å²) in [6.45, 7) is -0.0970. The van der Waals surface area contributed by atoms with Crippen LogP contribution in [-0.4, -0.2) is 42.2 Å². The van der Waals surface area contributed by atoms with E-state index in [-0.39, 0.29) is 24.4 Å². The molecule has 5 N–H and O–H groups in total. The summed E-state index contributed by atoms with van der Waals surface area (Å²) < 4.78 is 1.31. The fourth-order valence-electron chi connectivity index (χ4n) is 1.04. The Balaban J connectivity index is 2.26. The van der Waals surface area contributed by atoms with Crippen molar-refractivity contribution < 1.29 is 4.79 Å². The lowest BCUT2D eigenvalue weighted by atomic mass is 10.6. The van der Waals surface area contributed by atoms with Crippen molar-refractivity contribution in [3.05, 3.63) is 12.7 Å². The largest absolute Gasteiger partial charge is 0.368 e. The highest BCUT2D eigenvalue weighted by molar-refractivity contribution is 5.78. The molecule has 0 saturated carbocycles. The lowest BCUT2D eigenvalue weighted by Crippen LogP contribution is -2.23. The van der Waals surface area contributed by atoms with Crippen LogP contribution in [0.1, 0.15) is 0 Å². The molecular formula is C7H9N9O. The first kappa shape index (κ1) is 10.7. The number of nitrogens with two attached hydrogens (primary N) is 2. The quantitative estimate of drug-likeness (QED) is 0.546. The van der Waals surface area contributed by atoms with Crippen molar-refractivity contribution in [2.45, 2.75) is 0 Å². The molecule has 17 heavy (non-hydrogen) atoms. The predicted octanol–water partition coefficient (Wildman–Crippen LogP) is -2.07. The summed E-state index contributed by atoms with van der Waals surface area (Å²) in [6.07, 6.45) is 2.74. The van der Waals surface area contributed by atoms with Crippen LogP contribution < -0.4 is 16.8 Å². The Morgan fingerprint density at radius 3 is 2.88 bits per heavy atom. The Hall–Kier alpha value is -2.78. The van der Waals surface area contributed by atoms with Gasteiger partial charge >= 0.3 is 0 Å². The minimum Gasteiger partial charge on any atom is -0.368 e. The summed E-state index contributed by atoms with van der Waals surface area (Å²) in [5, 5.41) is 6.45.